The molecule has 0 spiro atoms. The Morgan fingerprint density at radius 3 is 2.69 bits per heavy atom. The molecule has 1 N–H and O–H groups in total. The van der Waals surface area contributed by atoms with Crippen molar-refractivity contribution in [1.29, 1.82) is 5.26 Å². The number of nitrogens with zero attached hydrogens (tertiary/aromatic N) is 2. The van der Waals surface area contributed by atoms with Crippen LogP contribution in [0.5, 0.6) is 5.75 Å². The maximum atomic E-state index is 12.8. The first-order valence-corrected chi connectivity index (χ1v) is 11.5. The first-order chi connectivity index (χ1) is 15.7. The van der Waals surface area contributed by atoms with Crippen molar-refractivity contribution in [2.75, 3.05) is 0 Å². The van der Waals surface area contributed by atoms with Crippen molar-refractivity contribution in [1.82, 2.24) is 9.97 Å². The van der Waals surface area contributed by atoms with E-state index in [-0.39, 0.29) is 5.56 Å². The third kappa shape index (κ3) is 4.08. The van der Waals surface area contributed by atoms with Crippen LogP contribution in [0.2, 0.25) is 0 Å². The first kappa shape index (κ1) is 20.2. The minimum atomic E-state index is -0.157. The summed E-state index contributed by atoms with van der Waals surface area (Å²) >= 11 is 1.58. The van der Waals surface area contributed by atoms with Crippen LogP contribution in [0.4, 0.5) is 0 Å². The number of aromatic nitrogens is 2. The number of nitrogens with one attached hydrogen (secondary N) is 1. The summed E-state index contributed by atoms with van der Waals surface area (Å²) in [5, 5.41) is 10.4. The number of hydrogen-bond donors (Lipinski definition) is 1. The highest BCUT2D eigenvalue weighted by Crippen LogP contribution is 2.34. The lowest BCUT2D eigenvalue weighted by atomic mass is 9.97. The van der Waals surface area contributed by atoms with Gasteiger partial charge in [0.25, 0.3) is 5.56 Å². The van der Waals surface area contributed by atoms with Crippen LogP contribution in [-0.4, -0.2) is 9.97 Å². The number of aryl methyl sites for hydroxylation is 2. The maximum absolute atomic E-state index is 12.8. The number of fused-ring (bicyclic) bond motifs is 3. The van der Waals surface area contributed by atoms with E-state index in [9.17, 15) is 10.1 Å². The van der Waals surface area contributed by atoms with Crippen molar-refractivity contribution in [3.05, 3.63) is 92.3 Å². The van der Waals surface area contributed by atoms with Crippen LogP contribution in [-0.2, 0) is 19.4 Å². The summed E-state index contributed by atoms with van der Waals surface area (Å²) in [6.07, 6.45) is 5.93. The minimum absolute atomic E-state index is 0.157. The number of nitriles is 1. The average Bonchev–Trinajstić information content (AvgIpc) is 3.21. The van der Waals surface area contributed by atoms with E-state index in [1.54, 1.807) is 17.4 Å². The molecule has 6 heteroatoms. The standard InChI is InChI=1S/C26H21N3O2S/c27-15-19(14-17-10-12-20(13-11-17)31-16-18-6-2-1-3-7-18)24-28-25(30)23-21-8-4-5-9-22(21)32-26(23)29-24/h1-3,6-7,10-14H,4-5,8-9,16H2,(H,28,29,30)/b19-14-. The summed E-state index contributed by atoms with van der Waals surface area (Å²) in [4.78, 5) is 22.2. The molecule has 2 heterocycles. The smallest absolute Gasteiger partial charge is 0.260 e. The van der Waals surface area contributed by atoms with Crippen molar-refractivity contribution in [2.24, 2.45) is 0 Å². The van der Waals surface area contributed by atoms with E-state index in [0.717, 1.165) is 53.0 Å². The van der Waals surface area contributed by atoms with Gasteiger partial charge in [0.1, 0.15) is 23.3 Å². The number of aromatic amines is 1. The highest BCUT2D eigenvalue weighted by molar-refractivity contribution is 7.18. The predicted octanol–water partition coefficient (Wildman–Crippen LogP) is 5.51. The Morgan fingerprint density at radius 2 is 1.91 bits per heavy atom. The summed E-state index contributed by atoms with van der Waals surface area (Å²) in [6, 6.07) is 19.7. The lowest BCUT2D eigenvalue weighted by Crippen LogP contribution is -2.12. The van der Waals surface area contributed by atoms with Gasteiger partial charge in [-0.2, -0.15) is 5.26 Å². The number of allylic oxidation sites excluding steroid dienone is 1. The van der Waals surface area contributed by atoms with Gasteiger partial charge in [-0.15, -0.1) is 11.3 Å². The van der Waals surface area contributed by atoms with Crippen LogP contribution < -0.4 is 10.3 Å². The second kappa shape index (κ2) is 8.81. The molecule has 5 nitrogen and oxygen atoms in total. The molecular weight excluding hydrogens is 418 g/mol. The van der Waals surface area contributed by atoms with Crippen molar-refractivity contribution in [3.63, 3.8) is 0 Å². The predicted molar refractivity (Wildman–Crippen MR) is 128 cm³/mol. The summed E-state index contributed by atoms with van der Waals surface area (Å²) in [7, 11) is 0. The number of H-pyrrole nitrogens is 1. The number of hydrogen-bond acceptors (Lipinski definition) is 5. The molecule has 0 atom stereocenters. The molecule has 0 saturated heterocycles. The van der Waals surface area contributed by atoms with Crippen LogP contribution in [0.25, 0.3) is 21.9 Å². The van der Waals surface area contributed by atoms with E-state index in [1.165, 1.54) is 4.88 Å². The largest absolute Gasteiger partial charge is 0.489 e. The Kier molecular flexibility index (Phi) is 5.57. The van der Waals surface area contributed by atoms with Gasteiger partial charge in [0.15, 0.2) is 5.82 Å². The van der Waals surface area contributed by atoms with E-state index in [4.69, 9.17) is 4.74 Å². The maximum Gasteiger partial charge on any atom is 0.260 e. The molecule has 32 heavy (non-hydrogen) atoms. The number of rotatable bonds is 5. The highest BCUT2D eigenvalue weighted by Gasteiger charge is 2.20. The van der Waals surface area contributed by atoms with E-state index >= 15 is 0 Å². The molecule has 0 radical (unpaired) electrons. The lowest BCUT2D eigenvalue weighted by Gasteiger charge is -2.09. The number of benzene rings is 2. The zero-order valence-corrected chi connectivity index (χ0v) is 18.2. The van der Waals surface area contributed by atoms with Gasteiger partial charge in [-0.05, 0) is 60.6 Å². The molecule has 4 aromatic rings. The van der Waals surface area contributed by atoms with Crippen LogP contribution in [0.1, 0.15) is 40.2 Å². The molecule has 0 bridgehead atoms. The quantitative estimate of drug-likeness (QED) is 0.416. The van der Waals surface area contributed by atoms with Crippen molar-refractivity contribution < 1.29 is 4.74 Å². The van der Waals surface area contributed by atoms with Gasteiger partial charge in [0.2, 0.25) is 0 Å². The Labute approximate surface area is 189 Å². The van der Waals surface area contributed by atoms with Gasteiger partial charge < -0.3 is 9.72 Å². The van der Waals surface area contributed by atoms with E-state index in [1.807, 2.05) is 54.6 Å². The topological polar surface area (TPSA) is 78.8 Å². The van der Waals surface area contributed by atoms with Crippen molar-refractivity contribution in [3.8, 4) is 11.8 Å². The zero-order chi connectivity index (χ0) is 21.9. The minimum Gasteiger partial charge on any atom is -0.489 e. The summed E-state index contributed by atoms with van der Waals surface area (Å²) < 4.78 is 5.82. The molecule has 0 amide bonds. The second-order valence-corrected chi connectivity index (χ2v) is 8.90. The van der Waals surface area contributed by atoms with Gasteiger partial charge in [-0.3, -0.25) is 4.79 Å². The fraction of sp³-hybridized carbons (Fsp3) is 0.192. The number of ether oxygens (including phenoxy) is 1. The fourth-order valence-electron chi connectivity index (χ4n) is 4.01. The lowest BCUT2D eigenvalue weighted by molar-refractivity contribution is 0.306. The Hall–Kier alpha value is -3.69. The SMILES string of the molecule is N#C/C(=C/c1ccc(OCc2ccccc2)cc1)c1nc2sc3c(c2c(=O)[nH]1)CCCC3. The summed E-state index contributed by atoms with van der Waals surface area (Å²) in [5.41, 5.74) is 3.25. The Morgan fingerprint density at radius 1 is 1.12 bits per heavy atom. The van der Waals surface area contributed by atoms with Crippen molar-refractivity contribution in [2.45, 2.75) is 32.3 Å². The summed E-state index contributed by atoms with van der Waals surface area (Å²) in [6.45, 7) is 0.495. The molecule has 1 aliphatic carbocycles. The monoisotopic (exact) mass is 439 g/mol. The van der Waals surface area contributed by atoms with E-state index in [0.29, 0.717) is 23.4 Å². The van der Waals surface area contributed by atoms with Crippen molar-refractivity contribution >= 4 is 33.2 Å². The van der Waals surface area contributed by atoms with Crippen LogP contribution in [0.15, 0.2) is 59.4 Å². The van der Waals surface area contributed by atoms with Crippen LogP contribution >= 0.6 is 11.3 Å². The Bertz CT molecular complexity index is 1390. The second-order valence-electron chi connectivity index (χ2n) is 7.82. The molecule has 2 aromatic carbocycles. The van der Waals surface area contributed by atoms with E-state index < -0.39 is 0 Å². The van der Waals surface area contributed by atoms with Crippen LogP contribution in [0, 0.1) is 11.3 Å². The first-order valence-electron chi connectivity index (χ1n) is 10.6. The third-order valence-corrected chi connectivity index (χ3v) is 6.83. The fourth-order valence-corrected chi connectivity index (χ4v) is 5.27. The number of thiophene rings is 1. The average molecular weight is 440 g/mol. The highest BCUT2D eigenvalue weighted by atomic mass is 32.1. The molecule has 158 valence electrons. The molecule has 2 aromatic heterocycles. The van der Waals surface area contributed by atoms with Gasteiger partial charge in [-0.25, -0.2) is 4.98 Å². The molecule has 5 rings (SSSR count). The van der Waals surface area contributed by atoms with Gasteiger partial charge in [0, 0.05) is 4.88 Å². The summed E-state index contributed by atoms with van der Waals surface area (Å²) in [5.74, 6) is 1.06. The van der Waals surface area contributed by atoms with Crippen LogP contribution in [0.3, 0.4) is 0 Å². The van der Waals surface area contributed by atoms with Gasteiger partial charge in [0.05, 0.1) is 11.0 Å². The molecule has 0 aliphatic heterocycles. The molecule has 1 aliphatic rings. The molecule has 0 unspecified atom stereocenters. The Balaban J connectivity index is 1.40. The van der Waals surface area contributed by atoms with E-state index in [2.05, 4.69) is 16.0 Å². The third-order valence-electron chi connectivity index (χ3n) is 5.64. The normalized spacial score (nSPS) is 13.5. The zero-order valence-electron chi connectivity index (χ0n) is 17.4. The van der Waals surface area contributed by atoms with Gasteiger partial charge in [-0.1, -0.05) is 42.5 Å². The molecular formula is C26H21N3O2S. The molecule has 0 saturated carbocycles. The van der Waals surface area contributed by atoms with Gasteiger partial charge >= 0.3 is 0 Å². The molecule has 0 fully saturated rings.